The Hall–Kier alpha value is -2.92. The predicted molar refractivity (Wildman–Crippen MR) is 104 cm³/mol. The van der Waals surface area contributed by atoms with Crippen molar-refractivity contribution in [2.45, 2.75) is 20.4 Å². The molecule has 1 aliphatic rings. The van der Waals surface area contributed by atoms with Gasteiger partial charge in [0.1, 0.15) is 0 Å². The number of rotatable bonds is 6. The van der Waals surface area contributed by atoms with Gasteiger partial charge in [-0.1, -0.05) is 44.2 Å². The Balaban J connectivity index is 1.76. The molecule has 0 unspecified atom stereocenters. The minimum atomic E-state index is -0.389. The lowest BCUT2D eigenvalue weighted by molar-refractivity contribution is -0.114. The molecule has 5 nitrogen and oxygen atoms in total. The number of hydrogen-bond acceptors (Lipinski definition) is 4. The fourth-order valence-corrected chi connectivity index (χ4v) is 2.99. The van der Waals surface area contributed by atoms with Crippen molar-refractivity contribution < 1.29 is 9.59 Å². The average molecular weight is 349 g/mol. The third-order valence-corrected chi connectivity index (χ3v) is 4.57. The van der Waals surface area contributed by atoms with E-state index in [4.69, 9.17) is 0 Å². The number of imide groups is 1. The Morgan fingerprint density at radius 3 is 2.23 bits per heavy atom. The zero-order chi connectivity index (χ0) is 18.5. The summed E-state index contributed by atoms with van der Waals surface area (Å²) in [6.07, 6.45) is 1.65. The molecule has 2 aromatic rings. The highest BCUT2D eigenvalue weighted by molar-refractivity contribution is 6.31. The Labute approximate surface area is 153 Å². The van der Waals surface area contributed by atoms with E-state index in [0.29, 0.717) is 16.7 Å². The van der Waals surface area contributed by atoms with Crippen molar-refractivity contribution in [2.75, 3.05) is 18.4 Å². The van der Waals surface area contributed by atoms with Crippen LogP contribution in [-0.2, 0) is 11.3 Å². The molecule has 1 aliphatic heterocycles. The SMILES string of the molecule is CCN(CC)Cc1ccc(N/C=C2/C(=O)NC(=O)c3ccccc32)cc1. The Morgan fingerprint density at radius 2 is 1.58 bits per heavy atom. The van der Waals surface area contributed by atoms with Crippen molar-refractivity contribution in [1.29, 1.82) is 0 Å². The second-order valence-electron chi connectivity index (χ2n) is 6.19. The van der Waals surface area contributed by atoms with Crippen molar-refractivity contribution >= 4 is 23.1 Å². The molecule has 5 heteroatoms. The second kappa shape index (κ2) is 7.97. The molecule has 2 amide bonds. The normalized spacial score (nSPS) is 15.1. The van der Waals surface area contributed by atoms with Gasteiger partial charge in [-0.25, -0.2) is 0 Å². The van der Waals surface area contributed by atoms with Gasteiger partial charge in [-0.3, -0.25) is 19.8 Å². The molecule has 26 heavy (non-hydrogen) atoms. The fraction of sp³-hybridized carbons (Fsp3) is 0.238. The van der Waals surface area contributed by atoms with E-state index in [1.54, 1.807) is 24.4 Å². The molecule has 0 aliphatic carbocycles. The molecule has 0 aromatic heterocycles. The highest BCUT2D eigenvalue weighted by atomic mass is 16.2. The van der Waals surface area contributed by atoms with Crippen LogP contribution >= 0.6 is 0 Å². The van der Waals surface area contributed by atoms with E-state index in [-0.39, 0.29) is 11.8 Å². The first-order valence-corrected chi connectivity index (χ1v) is 8.85. The molecular formula is C21H23N3O2. The quantitative estimate of drug-likeness (QED) is 0.621. The second-order valence-corrected chi connectivity index (χ2v) is 6.19. The largest absolute Gasteiger partial charge is 0.361 e. The number of carbonyl (C=O) groups is 2. The number of anilines is 1. The summed E-state index contributed by atoms with van der Waals surface area (Å²) in [5.41, 5.74) is 3.75. The third kappa shape index (κ3) is 3.83. The zero-order valence-electron chi connectivity index (χ0n) is 15.1. The predicted octanol–water partition coefficient (Wildman–Crippen LogP) is 3.25. The monoisotopic (exact) mass is 349 g/mol. The highest BCUT2D eigenvalue weighted by Crippen LogP contribution is 2.24. The van der Waals surface area contributed by atoms with Gasteiger partial charge in [0.2, 0.25) is 0 Å². The summed E-state index contributed by atoms with van der Waals surface area (Å²) in [7, 11) is 0. The van der Waals surface area contributed by atoms with E-state index >= 15 is 0 Å². The number of hydrogen-bond donors (Lipinski definition) is 2. The molecule has 0 radical (unpaired) electrons. The Bertz CT molecular complexity index is 837. The van der Waals surface area contributed by atoms with Gasteiger partial charge >= 0.3 is 0 Å². The topological polar surface area (TPSA) is 61.4 Å². The smallest absolute Gasteiger partial charge is 0.260 e. The van der Waals surface area contributed by atoms with E-state index in [1.165, 1.54) is 5.56 Å². The van der Waals surface area contributed by atoms with Gasteiger partial charge < -0.3 is 5.32 Å². The van der Waals surface area contributed by atoms with Crippen LogP contribution in [-0.4, -0.2) is 29.8 Å². The van der Waals surface area contributed by atoms with Crippen molar-refractivity contribution in [3.63, 3.8) is 0 Å². The van der Waals surface area contributed by atoms with Crippen LogP contribution in [0.4, 0.5) is 5.69 Å². The lowest BCUT2D eigenvalue weighted by Crippen LogP contribution is -2.36. The first-order valence-electron chi connectivity index (χ1n) is 8.85. The molecule has 0 bridgehead atoms. The van der Waals surface area contributed by atoms with E-state index in [0.717, 1.165) is 25.3 Å². The zero-order valence-corrected chi connectivity index (χ0v) is 15.1. The number of amides is 2. The van der Waals surface area contributed by atoms with Crippen LogP contribution in [0.25, 0.3) is 5.57 Å². The van der Waals surface area contributed by atoms with Crippen molar-refractivity contribution in [1.82, 2.24) is 10.2 Å². The molecule has 0 saturated heterocycles. The molecule has 3 rings (SSSR count). The molecule has 0 atom stereocenters. The maximum Gasteiger partial charge on any atom is 0.260 e. The van der Waals surface area contributed by atoms with Crippen LogP contribution in [0.2, 0.25) is 0 Å². The molecule has 0 saturated carbocycles. The standard InChI is InChI=1S/C21H23N3O2/c1-3-24(4-2)14-15-9-11-16(12-10-15)22-13-19-17-7-5-6-8-18(17)20(25)23-21(19)26/h5-13,22H,3-4,14H2,1-2H3,(H,23,25,26)/b19-13+. The lowest BCUT2D eigenvalue weighted by Gasteiger charge is -2.19. The van der Waals surface area contributed by atoms with Crippen molar-refractivity contribution in [2.24, 2.45) is 0 Å². The number of benzene rings is 2. The summed E-state index contributed by atoms with van der Waals surface area (Å²) in [6, 6.07) is 15.3. The molecule has 134 valence electrons. The molecule has 0 fully saturated rings. The van der Waals surface area contributed by atoms with Crippen LogP contribution < -0.4 is 10.6 Å². The van der Waals surface area contributed by atoms with E-state index in [9.17, 15) is 9.59 Å². The van der Waals surface area contributed by atoms with Crippen molar-refractivity contribution in [3.05, 3.63) is 71.4 Å². The van der Waals surface area contributed by atoms with Crippen LogP contribution in [0.5, 0.6) is 0 Å². The van der Waals surface area contributed by atoms with Gasteiger partial charge in [0.05, 0.1) is 5.57 Å². The number of nitrogens with zero attached hydrogens (tertiary/aromatic N) is 1. The maximum absolute atomic E-state index is 12.2. The van der Waals surface area contributed by atoms with Gasteiger partial charge in [0.15, 0.2) is 0 Å². The van der Waals surface area contributed by atoms with Crippen LogP contribution in [0.1, 0.15) is 35.3 Å². The average Bonchev–Trinajstić information content (AvgIpc) is 2.67. The molecular weight excluding hydrogens is 326 g/mol. The number of fused-ring (bicyclic) bond motifs is 1. The van der Waals surface area contributed by atoms with Gasteiger partial charge in [0.25, 0.3) is 11.8 Å². The minimum Gasteiger partial charge on any atom is -0.361 e. The lowest BCUT2D eigenvalue weighted by atomic mass is 9.96. The Kier molecular flexibility index (Phi) is 5.49. The first kappa shape index (κ1) is 17.9. The molecule has 1 heterocycles. The van der Waals surface area contributed by atoms with Gasteiger partial charge in [-0.05, 0) is 36.9 Å². The van der Waals surface area contributed by atoms with Crippen LogP contribution in [0, 0.1) is 0 Å². The summed E-state index contributed by atoms with van der Waals surface area (Å²) in [4.78, 5) is 26.4. The Morgan fingerprint density at radius 1 is 0.923 bits per heavy atom. The number of carbonyl (C=O) groups excluding carboxylic acids is 2. The summed E-state index contributed by atoms with van der Waals surface area (Å²) in [6.45, 7) is 7.28. The van der Waals surface area contributed by atoms with E-state index < -0.39 is 0 Å². The number of nitrogens with one attached hydrogen (secondary N) is 2. The minimum absolute atomic E-state index is 0.358. The first-order chi connectivity index (χ1) is 12.6. The van der Waals surface area contributed by atoms with Crippen LogP contribution in [0.15, 0.2) is 54.7 Å². The van der Waals surface area contributed by atoms with Crippen molar-refractivity contribution in [3.8, 4) is 0 Å². The molecule has 0 spiro atoms. The van der Waals surface area contributed by atoms with E-state index in [1.807, 2.05) is 18.2 Å². The third-order valence-electron chi connectivity index (χ3n) is 4.57. The van der Waals surface area contributed by atoms with Gasteiger partial charge in [-0.2, -0.15) is 0 Å². The fourth-order valence-electron chi connectivity index (χ4n) is 2.99. The summed E-state index contributed by atoms with van der Waals surface area (Å²) >= 11 is 0. The summed E-state index contributed by atoms with van der Waals surface area (Å²) in [5, 5.41) is 5.53. The van der Waals surface area contributed by atoms with Gasteiger partial charge in [-0.15, -0.1) is 0 Å². The van der Waals surface area contributed by atoms with E-state index in [2.05, 4.69) is 41.5 Å². The maximum atomic E-state index is 12.2. The molecule has 2 N–H and O–H groups in total. The van der Waals surface area contributed by atoms with Crippen LogP contribution in [0.3, 0.4) is 0 Å². The highest BCUT2D eigenvalue weighted by Gasteiger charge is 2.26. The van der Waals surface area contributed by atoms with Gasteiger partial charge in [0, 0.05) is 29.6 Å². The summed E-state index contributed by atoms with van der Waals surface area (Å²) in [5.74, 6) is -0.747. The molecule has 2 aromatic carbocycles. The summed E-state index contributed by atoms with van der Waals surface area (Å²) < 4.78 is 0.